The molecule has 9 heavy (non-hydrogen) atoms. The Bertz CT molecular complexity index is 147. The minimum atomic E-state index is -3.19. The summed E-state index contributed by atoms with van der Waals surface area (Å²) in [6.45, 7) is 1.92. The van der Waals surface area contributed by atoms with Crippen LogP contribution in [0.3, 0.4) is 0 Å². The van der Waals surface area contributed by atoms with Crippen molar-refractivity contribution in [3.63, 3.8) is 0 Å². The summed E-state index contributed by atoms with van der Waals surface area (Å²) in [5.41, 5.74) is 0. The molecule has 5 heteroatoms. The molecule has 0 rings (SSSR count). The Hall–Kier alpha value is 0.910. The Labute approximate surface area is 79.8 Å². The molecular formula is C4H12NNaO2S. The van der Waals surface area contributed by atoms with Crippen LogP contribution < -0.4 is 34.7 Å². The van der Waals surface area contributed by atoms with Gasteiger partial charge in [0.15, 0.2) is 0 Å². The Morgan fingerprint density at radius 1 is 1.56 bits per heavy atom. The number of nitrogens with two attached hydrogens (primary N) is 1. The van der Waals surface area contributed by atoms with Crippen LogP contribution in [0.25, 0.3) is 0 Å². The van der Waals surface area contributed by atoms with E-state index in [2.05, 4.69) is 0 Å². The molecule has 52 valence electrons. The van der Waals surface area contributed by atoms with Gasteiger partial charge in [0.05, 0.1) is 5.75 Å². The molecule has 0 aromatic heterocycles. The van der Waals surface area contributed by atoms with E-state index in [9.17, 15) is 8.42 Å². The van der Waals surface area contributed by atoms with Gasteiger partial charge in [-0.05, 0) is 6.42 Å². The Morgan fingerprint density at radius 3 is 2.11 bits per heavy atom. The van der Waals surface area contributed by atoms with E-state index in [1.165, 1.54) is 0 Å². The first-order valence-corrected chi connectivity index (χ1v) is 4.28. The largest absolute Gasteiger partial charge is 1.00 e. The van der Waals surface area contributed by atoms with Gasteiger partial charge in [0.2, 0.25) is 10.0 Å². The predicted octanol–water partition coefficient (Wildman–Crippen LogP) is -2.81. The Balaban J connectivity index is -0.000000245. The second-order valence-electron chi connectivity index (χ2n) is 1.72. The maximum Gasteiger partial charge on any atom is 1.00 e. The van der Waals surface area contributed by atoms with Gasteiger partial charge < -0.3 is 1.43 Å². The molecule has 0 aromatic carbocycles. The van der Waals surface area contributed by atoms with Gasteiger partial charge in [0.25, 0.3) is 0 Å². The molecule has 0 aliphatic heterocycles. The number of primary sulfonamides is 1. The molecule has 0 atom stereocenters. The molecule has 0 amide bonds. The van der Waals surface area contributed by atoms with Crippen molar-refractivity contribution in [2.24, 2.45) is 5.14 Å². The Kier molecular flexibility index (Phi) is 7.93. The summed E-state index contributed by atoms with van der Waals surface area (Å²) in [5.74, 6) is 0.115. The molecular weight excluding hydrogens is 149 g/mol. The molecule has 0 unspecified atom stereocenters. The average molecular weight is 161 g/mol. The topological polar surface area (TPSA) is 60.2 Å². The molecule has 0 fully saturated rings. The molecule has 0 aliphatic carbocycles. The second kappa shape index (κ2) is 5.68. The van der Waals surface area contributed by atoms with Crippen LogP contribution in [0, 0.1) is 0 Å². The van der Waals surface area contributed by atoms with Gasteiger partial charge in [-0.15, -0.1) is 0 Å². The van der Waals surface area contributed by atoms with Gasteiger partial charge in [-0.3, -0.25) is 0 Å². The molecule has 0 aliphatic rings. The molecule has 0 saturated heterocycles. The van der Waals surface area contributed by atoms with E-state index >= 15 is 0 Å². The SMILES string of the molecule is CCCCS(N)(=O)=O.[H-].[Na+]. The van der Waals surface area contributed by atoms with E-state index in [-0.39, 0.29) is 36.7 Å². The second-order valence-corrected chi connectivity index (χ2v) is 3.45. The number of hydrogen-bond donors (Lipinski definition) is 1. The van der Waals surface area contributed by atoms with Gasteiger partial charge >= 0.3 is 29.6 Å². The number of unbranched alkanes of at least 4 members (excludes halogenated alkanes) is 1. The molecule has 0 aromatic rings. The number of rotatable bonds is 3. The molecule has 0 radical (unpaired) electrons. The summed E-state index contributed by atoms with van der Waals surface area (Å²) in [6, 6.07) is 0. The average Bonchev–Trinajstić information content (AvgIpc) is 1.59. The van der Waals surface area contributed by atoms with Crippen LogP contribution in [-0.2, 0) is 10.0 Å². The zero-order chi connectivity index (χ0) is 6.62. The monoisotopic (exact) mass is 161 g/mol. The first-order chi connectivity index (χ1) is 3.56. The summed E-state index contributed by atoms with van der Waals surface area (Å²) < 4.78 is 20.3. The fraction of sp³-hybridized carbons (Fsp3) is 1.00. The van der Waals surface area contributed by atoms with Crippen molar-refractivity contribution in [1.29, 1.82) is 0 Å². The maximum atomic E-state index is 10.2. The third-order valence-electron chi connectivity index (χ3n) is 0.782. The van der Waals surface area contributed by atoms with Crippen LogP contribution in [0.1, 0.15) is 21.2 Å². The van der Waals surface area contributed by atoms with Crippen molar-refractivity contribution in [3.05, 3.63) is 0 Å². The smallest absolute Gasteiger partial charge is 1.00 e. The van der Waals surface area contributed by atoms with Crippen LogP contribution in [0.15, 0.2) is 0 Å². The minimum Gasteiger partial charge on any atom is -1.00 e. The van der Waals surface area contributed by atoms with Crippen LogP contribution in [0.4, 0.5) is 0 Å². The number of sulfonamides is 1. The zero-order valence-corrected chi connectivity index (χ0v) is 8.74. The van der Waals surface area contributed by atoms with Gasteiger partial charge in [-0.25, -0.2) is 13.6 Å². The molecule has 0 bridgehead atoms. The minimum absolute atomic E-state index is 0. The summed E-state index contributed by atoms with van der Waals surface area (Å²) >= 11 is 0. The van der Waals surface area contributed by atoms with E-state index in [1.54, 1.807) is 0 Å². The third kappa shape index (κ3) is 12.2. The van der Waals surface area contributed by atoms with Gasteiger partial charge in [-0.1, -0.05) is 13.3 Å². The van der Waals surface area contributed by atoms with Crippen molar-refractivity contribution in [1.82, 2.24) is 0 Å². The van der Waals surface area contributed by atoms with Gasteiger partial charge in [0, 0.05) is 0 Å². The van der Waals surface area contributed by atoms with E-state index in [1.807, 2.05) is 6.92 Å². The summed E-state index contributed by atoms with van der Waals surface area (Å²) in [4.78, 5) is 0. The van der Waals surface area contributed by atoms with E-state index < -0.39 is 10.0 Å². The molecule has 0 saturated carbocycles. The Morgan fingerprint density at radius 2 is 2.00 bits per heavy atom. The zero-order valence-electron chi connectivity index (χ0n) is 6.92. The number of hydrogen-bond acceptors (Lipinski definition) is 2. The van der Waals surface area contributed by atoms with Crippen molar-refractivity contribution < 1.29 is 39.4 Å². The van der Waals surface area contributed by atoms with Crippen LogP contribution in [0.5, 0.6) is 0 Å². The van der Waals surface area contributed by atoms with Gasteiger partial charge in [-0.2, -0.15) is 0 Å². The first kappa shape index (κ1) is 12.6. The fourth-order valence-electron chi connectivity index (χ4n) is 0.346. The van der Waals surface area contributed by atoms with E-state index in [0.717, 1.165) is 6.42 Å². The molecule has 0 heterocycles. The standard InChI is InChI=1S/C4H11NO2S.Na.H/c1-2-3-4-8(5,6)7;;/h2-4H2,1H3,(H2,5,6,7);;/q;+1;-1. The van der Waals surface area contributed by atoms with Crippen LogP contribution in [0.2, 0.25) is 0 Å². The quantitative estimate of drug-likeness (QED) is 0.454. The fourth-order valence-corrected chi connectivity index (χ4v) is 1.04. The van der Waals surface area contributed by atoms with Crippen LogP contribution >= 0.6 is 0 Å². The van der Waals surface area contributed by atoms with Crippen molar-refractivity contribution in [3.8, 4) is 0 Å². The van der Waals surface area contributed by atoms with E-state index in [0.29, 0.717) is 6.42 Å². The summed E-state index contributed by atoms with van der Waals surface area (Å²) in [6.07, 6.45) is 1.54. The summed E-state index contributed by atoms with van der Waals surface area (Å²) in [7, 11) is -3.19. The van der Waals surface area contributed by atoms with Crippen LogP contribution in [-0.4, -0.2) is 14.2 Å². The van der Waals surface area contributed by atoms with Crippen molar-refractivity contribution >= 4 is 10.0 Å². The molecule has 3 nitrogen and oxygen atoms in total. The third-order valence-corrected chi connectivity index (χ3v) is 1.64. The normalized spacial score (nSPS) is 10.4. The molecule has 0 spiro atoms. The first-order valence-electron chi connectivity index (χ1n) is 2.56. The summed E-state index contributed by atoms with van der Waals surface area (Å²) in [5, 5.41) is 4.69. The van der Waals surface area contributed by atoms with Gasteiger partial charge in [0.1, 0.15) is 0 Å². The maximum absolute atomic E-state index is 10.2. The van der Waals surface area contributed by atoms with Crippen molar-refractivity contribution in [2.75, 3.05) is 5.75 Å². The predicted molar refractivity (Wildman–Crippen MR) is 34.0 cm³/mol. The van der Waals surface area contributed by atoms with Crippen molar-refractivity contribution in [2.45, 2.75) is 19.8 Å². The molecule has 2 N–H and O–H groups in total. The van der Waals surface area contributed by atoms with E-state index in [4.69, 9.17) is 5.14 Å².